The van der Waals surface area contributed by atoms with E-state index in [-0.39, 0.29) is 12.5 Å². The van der Waals surface area contributed by atoms with Crippen LogP contribution in [0.3, 0.4) is 0 Å². The molecule has 0 heterocycles. The second-order valence-corrected chi connectivity index (χ2v) is 14.5. The summed E-state index contributed by atoms with van der Waals surface area (Å²) >= 11 is 0. The van der Waals surface area contributed by atoms with Crippen LogP contribution in [-0.2, 0) is 4.79 Å². The summed E-state index contributed by atoms with van der Waals surface area (Å²) < 4.78 is 0. The zero-order valence-electron chi connectivity index (χ0n) is 31.9. The van der Waals surface area contributed by atoms with Gasteiger partial charge in [0, 0.05) is 13.0 Å². The molecular weight excluding hydrogens is 576 g/mol. The highest BCUT2D eigenvalue weighted by atomic mass is 16.3. The number of carbonyl (C=O) groups excluding carboxylic acids is 1. The van der Waals surface area contributed by atoms with Gasteiger partial charge in [-0.3, -0.25) is 4.79 Å². The Kier molecular flexibility index (Phi) is 38.4. The average molecular weight is 661 g/mol. The number of allylic oxidation sites excluding steroid dienone is 3. The molecule has 0 rings (SSSR count). The van der Waals surface area contributed by atoms with Gasteiger partial charge in [-0.2, -0.15) is 0 Å². The van der Waals surface area contributed by atoms with E-state index in [0.717, 1.165) is 25.7 Å². The van der Waals surface area contributed by atoms with Gasteiger partial charge < -0.3 is 16.2 Å². The van der Waals surface area contributed by atoms with E-state index in [1.807, 2.05) is 6.08 Å². The number of hydrogen-bond donors (Lipinski definition) is 3. The van der Waals surface area contributed by atoms with Crippen LogP contribution in [0, 0.1) is 0 Å². The van der Waals surface area contributed by atoms with E-state index >= 15 is 0 Å². The first-order valence-corrected chi connectivity index (χ1v) is 21.1. The number of hydrogen-bond acceptors (Lipinski definition) is 3. The van der Waals surface area contributed by atoms with Crippen LogP contribution in [0.4, 0.5) is 0 Å². The van der Waals surface area contributed by atoms with Crippen LogP contribution in [-0.4, -0.2) is 29.7 Å². The second kappa shape index (κ2) is 39.3. The molecule has 4 heteroatoms. The highest BCUT2D eigenvalue weighted by molar-refractivity contribution is 5.76. The van der Waals surface area contributed by atoms with Gasteiger partial charge in [-0.25, -0.2) is 0 Å². The molecule has 0 saturated heterocycles. The third kappa shape index (κ3) is 36.0. The summed E-state index contributed by atoms with van der Waals surface area (Å²) in [6, 6.07) is -0.396. The summed E-state index contributed by atoms with van der Waals surface area (Å²) in [4.78, 5) is 12.4. The Hall–Kier alpha value is -1.13. The van der Waals surface area contributed by atoms with Crippen molar-refractivity contribution in [3.63, 3.8) is 0 Å². The third-order valence-corrected chi connectivity index (χ3v) is 9.74. The van der Waals surface area contributed by atoms with Crippen LogP contribution in [0.5, 0.6) is 0 Å². The molecule has 0 saturated carbocycles. The molecule has 4 N–H and O–H groups in total. The summed E-state index contributed by atoms with van der Waals surface area (Å²) in [5, 5.41) is 13.5. The van der Waals surface area contributed by atoms with Crippen molar-refractivity contribution >= 4 is 5.91 Å². The van der Waals surface area contributed by atoms with Gasteiger partial charge in [-0.05, 0) is 44.9 Å². The van der Waals surface area contributed by atoms with E-state index in [2.05, 4.69) is 37.4 Å². The Labute approximate surface area is 295 Å². The predicted octanol–water partition coefficient (Wildman–Crippen LogP) is 12.8. The molecule has 47 heavy (non-hydrogen) atoms. The van der Waals surface area contributed by atoms with E-state index in [1.165, 1.54) is 180 Å². The normalized spacial score (nSPS) is 13.2. The number of unbranched alkanes of at least 4 members (excludes halogenated alkanes) is 29. The van der Waals surface area contributed by atoms with E-state index in [9.17, 15) is 9.90 Å². The van der Waals surface area contributed by atoms with E-state index in [0.29, 0.717) is 6.42 Å². The van der Waals surface area contributed by atoms with Crippen LogP contribution in [0.1, 0.15) is 226 Å². The highest BCUT2D eigenvalue weighted by Crippen LogP contribution is 2.15. The molecule has 1 amide bonds. The van der Waals surface area contributed by atoms with Crippen molar-refractivity contribution in [2.24, 2.45) is 5.73 Å². The lowest BCUT2D eigenvalue weighted by atomic mass is 10.0. The lowest BCUT2D eigenvalue weighted by Gasteiger charge is -2.20. The first-order chi connectivity index (χ1) is 23.2. The molecule has 0 aromatic carbocycles. The molecule has 0 aliphatic rings. The summed E-state index contributed by atoms with van der Waals surface area (Å²) in [5.74, 6) is 0.0159. The number of nitrogens with one attached hydrogen (secondary N) is 1. The fourth-order valence-corrected chi connectivity index (χ4v) is 6.45. The van der Waals surface area contributed by atoms with Crippen LogP contribution < -0.4 is 11.1 Å². The molecule has 0 fully saturated rings. The molecule has 0 radical (unpaired) electrons. The monoisotopic (exact) mass is 661 g/mol. The van der Waals surface area contributed by atoms with Crippen molar-refractivity contribution in [3.8, 4) is 0 Å². The van der Waals surface area contributed by atoms with E-state index in [4.69, 9.17) is 5.73 Å². The largest absolute Gasteiger partial charge is 0.387 e. The highest BCUT2D eigenvalue weighted by Gasteiger charge is 2.17. The van der Waals surface area contributed by atoms with Crippen LogP contribution in [0.2, 0.25) is 0 Å². The van der Waals surface area contributed by atoms with Gasteiger partial charge in [0.25, 0.3) is 0 Å². The summed E-state index contributed by atoms with van der Waals surface area (Å²) in [7, 11) is 0. The summed E-state index contributed by atoms with van der Waals surface area (Å²) in [6.07, 6.45) is 50.6. The molecule has 0 aliphatic heterocycles. The fourth-order valence-electron chi connectivity index (χ4n) is 6.45. The van der Waals surface area contributed by atoms with Gasteiger partial charge in [0.05, 0.1) is 12.1 Å². The Bertz CT molecular complexity index is 677. The number of rotatable bonds is 38. The smallest absolute Gasteiger partial charge is 0.220 e. The Morgan fingerprint density at radius 2 is 0.830 bits per heavy atom. The van der Waals surface area contributed by atoms with Gasteiger partial charge in [0.1, 0.15) is 0 Å². The van der Waals surface area contributed by atoms with Gasteiger partial charge >= 0.3 is 0 Å². The minimum atomic E-state index is -0.710. The molecule has 278 valence electrons. The lowest BCUT2D eigenvalue weighted by molar-refractivity contribution is -0.122. The van der Waals surface area contributed by atoms with Crippen molar-refractivity contribution < 1.29 is 9.90 Å². The van der Waals surface area contributed by atoms with Gasteiger partial charge in [0.15, 0.2) is 0 Å². The predicted molar refractivity (Wildman–Crippen MR) is 209 cm³/mol. The third-order valence-electron chi connectivity index (χ3n) is 9.74. The number of aliphatic hydroxyl groups is 1. The average Bonchev–Trinajstić information content (AvgIpc) is 3.07. The zero-order chi connectivity index (χ0) is 34.3. The van der Waals surface area contributed by atoms with E-state index < -0.39 is 12.1 Å². The minimum absolute atomic E-state index is 0.0159. The van der Waals surface area contributed by atoms with Crippen molar-refractivity contribution in [1.29, 1.82) is 0 Å². The van der Waals surface area contributed by atoms with Crippen LogP contribution in [0.25, 0.3) is 0 Å². The maximum atomic E-state index is 12.4. The second-order valence-electron chi connectivity index (χ2n) is 14.5. The van der Waals surface area contributed by atoms with E-state index in [1.54, 1.807) is 0 Å². The first-order valence-electron chi connectivity index (χ1n) is 21.1. The molecule has 2 atom stereocenters. The Morgan fingerprint density at radius 1 is 0.511 bits per heavy atom. The number of nitrogens with two attached hydrogens (primary N) is 1. The number of carbonyl (C=O) groups is 1. The molecule has 0 aliphatic carbocycles. The molecule has 0 spiro atoms. The van der Waals surface area contributed by atoms with Gasteiger partial charge in [-0.1, -0.05) is 199 Å². The summed E-state index contributed by atoms with van der Waals surface area (Å²) in [5.41, 5.74) is 5.87. The van der Waals surface area contributed by atoms with Gasteiger partial charge in [-0.15, -0.1) is 0 Å². The Balaban J connectivity index is 3.55. The van der Waals surface area contributed by atoms with Crippen LogP contribution >= 0.6 is 0 Å². The molecular formula is C43H84N2O2. The van der Waals surface area contributed by atoms with Crippen molar-refractivity contribution in [1.82, 2.24) is 5.32 Å². The maximum Gasteiger partial charge on any atom is 0.220 e. The van der Waals surface area contributed by atoms with Crippen LogP contribution in [0.15, 0.2) is 24.3 Å². The Morgan fingerprint density at radius 3 is 1.19 bits per heavy atom. The maximum absolute atomic E-state index is 12.4. The minimum Gasteiger partial charge on any atom is -0.387 e. The van der Waals surface area contributed by atoms with Crippen molar-refractivity contribution in [3.05, 3.63) is 24.3 Å². The topological polar surface area (TPSA) is 75.4 Å². The van der Waals surface area contributed by atoms with Gasteiger partial charge in [0.2, 0.25) is 5.91 Å². The summed E-state index contributed by atoms with van der Waals surface area (Å²) in [6.45, 7) is 4.81. The molecule has 0 unspecified atom stereocenters. The standard InChI is InChI=1S/C43H84N2O2/c1-3-5-7-9-11-13-15-17-19-20-21-22-23-24-25-27-29-31-33-35-37-39-43(47)45-41(40-44)42(46)38-36-34-32-30-28-26-18-16-14-12-10-8-6-4-2/h17,19,36,38,41-42,46H,3-16,18,20-35,37,39-40,44H2,1-2H3,(H,45,47)/t41-,42+/m1/s1. The van der Waals surface area contributed by atoms with Crippen molar-refractivity contribution in [2.75, 3.05) is 6.54 Å². The molecule has 0 aromatic rings. The van der Waals surface area contributed by atoms with Crippen molar-refractivity contribution in [2.45, 2.75) is 238 Å². The zero-order valence-corrected chi connectivity index (χ0v) is 31.9. The number of aliphatic hydroxyl groups excluding tert-OH is 1. The SMILES string of the molecule is CCCCCCCCC=CCCCCCCCCCCCCCC(=O)N[C@H](CN)[C@@H](O)C=CCCCCCCCCCCCCCC. The molecule has 0 aromatic heterocycles. The fraction of sp³-hybridized carbons (Fsp3) is 0.884. The quantitative estimate of drug-likeness (QED) is 0.0455. The molecule has 0 bridgehead atoms. The first kappa shape index (κ1) is 45.9. The lowest BCUT2D eigenvalue weighted by Crippen LogP contribution is -2.47. The molecule has 4 nitrogen and oxygen atoms in total. The number of amides is 1.